The Morgan fingerprint density at radius 2 is 1.87 bits per heavy atom. The summed E-state index contributed by atoms with van der Waals surface area (Å²) in [6.07, 6.45) is 1.63. The summed E-state index contributed by atoms with van der Waals surface area (Å²) in [6, 6.07) is 7.38. The second-order valence-corrected chi connectivity index (χ2v) is 7.21. The normalized spacial score (nSPS) is 12.2. The molecule has 0 aliphatic heterocycles. The Kier molecular flexibility index (Phi) is 6.20. The first-order chi connectivity index (χ1) is 14.3. The van der Waals surface area contributed by atoms with E-state index >= 15 is 0 Å². The number of fused-ring (bicyclic) bond motifs is 1. The minimum atomic E-state index is -1.12. The molecule has 1 N–H and O–H groups in total. The van der Waals surface area contributed by atoms with Gasteiger partial charge in [0, 0.05) is 16.6 Å². The molecule has 1 atom stereocenters. The fraction of sp³-hybridized carbons (Fsp3) is 0.304. The minimum absolute atomic E-state index is 0.0206. The number of halogens is 2. The van der Waals surface area contributed by atoms with Crippen LogP contribution in [0.1, 0.15) is 54.2 Å². The van der Waals surface area contributed by atoms with Crippen LogP contribution < -0.4 is 0 Å². The number of phenolic OH excluding ortho intramolecular Hbond substituents is 1. The lowest BCUT2D eigenvalue weighted by atomic mass is 9.98. The largest absolute Gasteiger partial charge is 0.508 e. The third-order valence-electron chi connectivity index (χ3n) is 5.13. The first kappa shape index (κ1) is 21.5. The van der Waals surface area contributed by atoms with Crippen molar-refractivity contribution in [2.75, 3.05) is 6.61 Å². The van der Waals surface area contributed by atoms with Crippen LogP contribution in [-0.4, -0.2) is 28.2 Å². The zero-order chi connectivity index (χ0) is 22.0. The lowest BCUT2D eigenvalue weighted by Crippen LogP contribution is -2.17. The van der Waals surface area contributed by atoms with Gasteiger partial charge in [0.2, 0.25) is 0 Å². The van der Waals surface area contributed by atoms with Gasteiger partial charge < -0.3 is 9.84 Å². The summed E-state index contributed by atoms with van der Waals surface area (Å²) in [6.45, 7) is 5.63. The lowest BCUT2D eigenvalue weighted by molar-refractivity contribution is -0.145. The van der Waals surface area contributed by atoms with Gasteiger partial charge in [-0.05, 0) is 62.2 Å². The fourth-order valence-electron chi connectivity index (χ4n) is 3.56. The number of nitrogens with zero attached hydrogens (tertiary/aromatic N) is 1. The Morgan fingerprint density at radius 3 is 2.53 bits per heavy atom. The maximum atomic E-state index is 13.7. The van der Waals surface area contributed by atoms with E-state index in [-0.39, 0.29) is 11.3 Å². The van der Waals surface area contributed by atoms with E-state index in [1.165, 1.54) is 22.8 Å². The number of ether oxygens (including phenoxy) is 1. The predicted molar refractivity (Wildman–Crippen MR) is 109 cm³/mol. The molecule has 30 heavy (non-hydrogen) atoms. The van der Waals surface area contributed by atoms with Gasteiger partial charge in [0.05, 0.1) is 18.0 Å². The Morgan fingerprint density at radius 1 is 1.13 bits per heavy atom. The molecule has 7 heteroatoms. The number of benzene rings is 2. The highest BCUT2D eigenvalue weighted by atomic mass is 19.2. The molecule has 0 unspecified atom stereocenters. The van der Waals surface area contributed by atoms with Crippen LogP contribution in [0.3, 0.4) is 0 Å². The van der Waals surface area contributed by atoms with E-state index in [0.717, 1.165) is 25.0 Å². The van der Waals surface area contributed by atoms with Crippen LogP contribution in [-0.2, 0) is 9.53 Å². The summed E-state index contributed by atoms with van der Waals surface area (Å²) in [4.78, 5) is 25.7. The van der Waals surface area contributed by atoms with Crippen molar-refractivity contribution in [1.29, 1.82) is 0 Å². The SMILES string of the molecule is CCCCOC(=O)[C@H](C)c1c(C)n(C(=O)c2ccc(F)c(F)c2)c2ccc(O)cc12. The minimum Gasteiger partial charge on any atom is -0.508 e. The number of hydrogen-bond donors (Lipinski definition) is 1. The van der Waals surface area contributed by atoms with Crippen molar-refractivity contribution in [3.63, 3.8) is 0 Å². The summed E-state index contributed by atoms with van der Waals surface area (Å²) in [7, 11) is 0. The highest BCUT2D eigenvalue weighted by molar-refractivity contribution is 6.05. The van der Waals surface area contributed by atoms with Crippen LogP contribution in [0.15, 0.2) is 36.4 Å². The first-order valence-corrected chi connectivity index (χ1v) is 9.76. The van der Waals surface area contributed by atoms with Crippen molar-refractivity contribution in [2.45, 2.75) is 39.5 Å². The summed E-state index contributed by atoms with van der Waals surface area (Å²) in [5.74, 6) is -3.89. The van der Waals surface area contributed by atoms with Gasteiger partial charge in [-0.25, -0.2) is 8.78 Å². The van der Waals surface area contributed by atoms with Gasteiger partial charge in [0.15, 0.2) is 11.6 Å². The number of unbranched alkanes of at least 4 members (excludes halogenated alkanes) is 1. The highest BCUT2D eigenvalue weighted by Crippen LogP contribution is 2.35. The molecule has 0 aliphatic rings. The molecular weight excluding hydrogens is 392 g/mol. The lowest BCUT2D eigenvalue weighted by Gasteiger charge is -2.13. The number of aromatic hydroxyl groups is 1. The molecule has 0 saturated heterocycles. The van der Waals surface area contributed by atoms with E-state index in [0.29, 0.717) is 28.8 Å². The Labute approximate surface area is 172 Å². The van der Waals surface area contributed by atoms with Crippen molar-refractivity contribution >= 4 is 22.8 Å². The van der Waals surface area contributed by atoms with Gasteiger partial charge in [-0.15, -0.1) is 0 Å². The van der Waals surface area contributed by atoms with E-state index < -0.39 is 29.4 Å². The smallest absolute Gasteiger partial charge is 0.313 e. The van der Waals surface area contributed by atoms with E-state index in [2.05, 4.69) is 0 Å². The van der Waals surface area contributed by atoms with Gasteiger partial charge in [-0.2, -0.15) is 0 Å². The second kappa shape index (κ2) is 8.65. The topological polar surface area (TPSA) is 68.5 Å². The number of aromatic nitrogens is 1. The number of carbonyl (C=O) groups is 2. The molecule has 0 fully saturated rings. The molecule has 3 aromatic rings. The second-order valence-electron chi connectivity index (χ2n) is 7.21. The van der Waals surface area contributed by atoms with E-state index in [1.807, 2.05) is 6.92 Å². The molecule has 0 bridgehead atoms. The van der Waals surface area contributed by atoms with Gasteiger partial charge in [-0.3, -0.25) is 14.2 Å². The van der Waals surface area contributed by atoms with Crippen molar-refractivity contribution in [3.05, 3.63) is 64.9 Å². The van der Waals surface area contributed by atoms with Crippen LogP contribution in [0.25, 0.3) is 10.9 Å². The number of carbonyl (C=O) groups excluding carboxylic acids is 2. The van der Waals surface area contributed by atoms with E-state index in [9.17, 15) is 23.5 Å². The molecule has 0 radical (unpaired) electrons. The summed E-state index contributed by atoms with van der Waals surface area (Å²) in [5.41, 5.74) is 1.42. The van der Waals surface area contributed by atoms with Crippen molar-refractivity contribution in [1.82, 2.24) is 4.57 Å². The molecule has 2 aromatic carbocycles. The number of phenols is 1. The Balaban J connectivity index is 2.12. The van der Waals surface area contributed by atoms with Crippen molar-refractivity contribution in [2.24, 2.45) is 0 Å². The number of hydrogen-bond acceptors (Lipinski definition) is 4. The predicted octanol–water partition coefficient (Wildman–Crippen LogP) is 5.07. The van der Waals surface area contributed by atoms with Crippen LogP contribution >= 0.6 is 0 Å². The molecule has 1 heterocycles. The van der Waals surface area contributed by atoms with E-state index in [1.54, 1.807) is 19.9 Å². The van der Waals surface area contributed by atoms with Crippen LogP contribution in [0.2, 0.25) is 0 Å². The van der Waals surface area contributed by atoms with Crippen molar-refractivity contribution < 1.29 is 28.2 Å². The average Bonchev–Trinajstić information content (AvgIpc) is 2.99. The summed E-state index contributed by atoms with van der Waals surface area (Å²) < 4.78 is 33.6. The average molecular weight is 415 g/mol. The molecule has 158 valence electrons. The molecule has 5 nitrogen and oxygen atoms in total. The van der Waals surface area contributed by atoms with Crippen LogP contribution in [0.5, 0.6) is 5.75 Å². The molecule has 1 aromatic heterocycles. The molecule has 0 spiro atoms. The Hall–Kier alpha value is -3.22. The van der Waals surface area contributed by atoms with E-state index in [4.69, 9.17) is 4.74 Å². The highest BCUT2D eigenvalue weighted by Gasteiger charge is 2.28. The zero-order valence-electron chi connectivity index (χ0n) is 17.0. The molecule has 3 rings (SSSR count). The molecule has 0 aliphatic carbocycles. The monoisotopic (exact) mass is 415 g/mol. The van der Waals surface area contributed by atoms with Crippen LogP contribution in [0, 0.1) is 18.6 Å². The number of esters is 1. The summed E-state index contributed by atoms with van der Waals surface area (Å²) >= 11 is 0. The maximum absolute atomic E-state index is 13.7. The number of rotatable bonds is 6. The molecule has 0 saturated carbocycles. The molecule has 0 amide bonds. The molecular formula is C23H23F2NO4. The third kappa shape index (κ3) is 3.92. The standard InChI is InChI=1S/C23H23F2NO4/c1-4-5-10-30-23(29)13(2)21-14(3)26(20-9-7-16(27)12-17(20)21)22(28)15-6-8-18(24)19(25)11-15/h6-9,11-13,27H,4-5,10H2,1-3H3/t13-/m1/s1. The van der Waals surface area contributed by atoms with Gasteiger partial charge in [0.1, 0.15) is 5.75 Å². The Bertz CT molecular complexity index is 1120. The van der Waals surface area contributed by atoms with Crippen molar-refractivity contribution in [3.8, 4) is 5.75 Å². The maximum Gasteiger partial charge on any atom is 0.313 e. The van der Waals surface area contributed by atoms with Gasteiger partial charge >= 0.3 is 5.97 Å². The third-order valence-corrected chi connectivity index (χ3v) is 5.13. The first-order valence-electron chi connectivity index (χ1n) is 9.76. The van der Waals surface area contributed by atoms with Gasteiger partial charge in [-0.1, -0.05) is 13.3 Å². The zero-order valence-corrected chi connectivity index (χ0v) is 17.0. The summed E-state index contributed by atoms with van der Waals surface area (Å²) in [5, 5.41) is 10.5. The van der Waals surface area contributed by atoms with Gasteiger partial charge in [0.25, 0.3) is 5.91 Å². The fourth-order valence-corrected chi connectivity index (χ4v) is 3.56. The van der Waals surface area contributed by atoms with Crippen LogP contribution in [0.4, 0.5) is 8.78 Å². The quantitative estimate of drug-likeness (QED) is 0.451.